The Morgan fingerprint density at radius 3 is 2.28 bits per heavy atom. The van der Waals surface area contributed by atoms with E-state index in [1.54, 1.807) is 56.3 Å². The highest BCUT2D eigenvalue weighted by Gasteiger charge is 2.41. The standard InChI is InChI=1S/C21H19N3O5/c1-11(24-18(26)12-7-4-5-8-13(12)19(24)27)17(25)22-14-9-6-10-15-16(14)23-20(28)21(2,3)29-15/h4-11H,1-3H3,(H,22,25)(H,23,28). The molecule has 0 fully saturated rings. The van der Waals surface area contributed by atoms with E-state index in [2.05, 4.69) is 10.6 Å². The molecule has 29 heavy (non-hydrogen) atoms. The molecule has 0 aliphatic carbocycles. The predicted molar refractivity (Wildman–Crippen MR) is 105 cm³/mol. The normalized spacial score (nSPS) is 17.8. The molecule has 1 unspecified atom stereocenters. The minimum atomic E-state index is -1.05. The van der Waals surface area contributed by atoms with Crippen LogP contribution in [0.2, 0.25) is 0 Å². The number of carbonyl (C=O) groups excluding carboxylic acids is 4. The van der Waals surface area contributed by atoms with Gasteiger partial charge >= 0.3 is 0 Å². The summed E-state index contributed by atoms with van der Waals surface area (Å²) < 4.78 is 5.71. The van der Waals surface area contributed by atoms with E-state index >= 15 is 0 Å². The number of hydrogen-bond donors (Lipinski definition) is 2. The van der Waals surface area contributed by atoms with Crippen LogP contribution in [0, 0.1) is 0 Å². The lowest BCUT2D eigenvalue weighted by Gasteiger charge is -2.32. The third-order valence-electron chi connectivity index (χ3n) is 5.03. The van der Waals surface area contributed by atoms with E-state index in [0.29, 0.717) is 17.1 Å². The van der Waals surface area contributed by atoms with E-state index in [0.717, 1.165) is 4.90 Å². The maximum absolute atomic E-state index is 12.8. The number of anilines is 2. The Labute approximate surface area is 166 Å². The van der Waals surface area contributed by atoms with Gasteiger partial charge < -0.3 is 15.4 Å². The summed E-state index contributed by atoms with van der Waals surface area (Å²) in [5, 5.41) is 5.42. The van der Waals surface area contributed by atoms with Crippen molar-refractivity contribution in [3.63, 3.8) is 0 Å². The van der Waals surface area contributed by atoms with Gasteiger partial charge in [-0.25, -0.2) is 0 Å². The second kappa shape index (κ2) is 6.44. The quantitative estimate of drug-likeness (QED) is 0.780. The zero-order valence-electron chi connectivity index (χ0n) is 16.1. The second-order valence-corrected chi connectivity index (χ2v) is 7.44. The zero-order chi connectivity index (χ0) is 20.9. The Bertz CT molecular complexity index is 1040. The second-order valence-electron chi connectivity index (χ2n) is 7.44. The van der Waals surface area contributed by atoms with E-state index in [4.69, 9.17) is 4.74 Å². The molecule has 8 heteroatoms. The molecule has 2 aromatic carbocycles. The van der Waals surface area contributed by atoms with E-state index in [1.165, 1.54) is 6.92 Å². The van der Waals surface area contributed by atoms with Crippen molar-refractivity contribution in [1.82, 2.24) is 4.90 Å². The maximum atomic E-state index is 12.8. The summed E-state index contributed by atoms with van der Waals surface area (Å²) in [7, 11) is 0. The first-order valence-corrected chi connectivity index (χ1v) is 9.12. The van der Waals surface area contributed by atoms with Crippen LogP contribution in [0.4, 0.5) is 11.4 Å². The summed E-state index contributed by atoms with van der Waals surface area (Å²) in [4.78, 5) is 51.2. The van der Waals surface area contributed by atoms with Crippen LogP contribution in [0.25, 0.3) is 0 Å². The fourth-order valence-corrected chi connectivity index (χ4v) is 3.35. The molecular formula is C21H19N3O5. The summed E-state index contributed by atoms with van der Waals surface area (Å²) in [6.07, 6.45) is 0. The van der Waals surface area contributed by atoms with Crippen LogP contribution in [0.15, 0.2) is 42.5 Å². The molecule has 0 aromatic heterocycles. The molecule has 0 saturated heterocycles. The first-order valence-electron chi connectivity index (χ1n) is 9.12. The molecule has 2 aliphatic heterocycles. The molecule has 148 valence electrons. The zero-order valence-corrected chi connectivity index (χ0v) is 16.1. The number of nitrogens with one attached hydrogen (secondary N) is 2. The molecule has 2 aromatic rings. The van der Waals surface area contributed by atoms with Crippen LogP contribution in [0.1, 0.15) is 41.5 Å². The topological polar surface area (TPSA) is 105 Å². The number of fused-ring (bicyclic) bond motifs is 2. The van der Waals surface area contributed by atoms with Gasteiger partial charge in [-0.3, -0.25) is 24.1 Å². The fourth-order valence-electron chi connectivity index (χ4n) is 3.35. The molecule has 0 bridgehead atoms. The van der Waals surface area contributed by atoms with Crippen LogP contribution in [0.3, 0.4) is 0 Å². The number of hydrogen-bond acceptors (Lipinski definition) is 5. The Hall–Kier alpha value is -3.68. The highest BCUT2D eigenvalue weighted by Crippen LogP contribution is 2.39. The molecule has 0 spiro atoms. The van der Waals surface area contributed by atoms with Gasteiger partial charge in [-0.05, 0) is 45.0 Å². The van der Waals surface area contributed by atoms with Crippen LogP contribution >= 0.6 is 0 Å². The van der Waals surface area contributed by atoms with Crippen LogP contribution in [-0.4, -0.2) is 40.2 Å². The van der Waals surface area contributed by atoms with Crippen LogP contribution < -0.4 is 15.4 Å². The van der Waals surface area contributed by atoms with E-state index in [1.807, 2.05) is 0 Å². The number of benzene rings is 2. The number of carbonyl (C=O) groups is 4. The van der Waals surface area contributed by atoms with Crippen LogP contribution in [-0.2, 0) is 9.59 Å². The molecular weight excluding hydrogens is 374 g/mol. The van der Waals surface area contributed by atoms with Gasteiger partial charge in [0, 0.05) is 0 Å². The molecule has 4 amide bonds. The highest BCUT2D eigenvalue weighted by atomic mass is 16.5. The Kier molecular flexibility index (Phi) is 4.15. The molecule has 2 aliphatic rings. The molecule has 2 heterocycles. The van der Waals surface area contributed by atoms with Gasteiger partial charge in [-0.15, -0.1) is 0 Å². The largest absolute Gasteiger partial charge is 0.476 e. The molecule has 1 atom stereocenters. The van der Waals surface area contributed by atoms with Crippen molar-refractivity contribution in [2.24, 2.45) is 0 Å². The van der Waals surface area contributed by atoms with Gasteiger partial charge in [0.05, 0.1) is 16.8 Å². The average molecular weight is 393 g/mol. The number of imide groups is 1. The first-order chi connectivity index (χ1) is 13.7. The number of ether oxygens (including phenoxy) is 1. The third kappa shape index (κ3) is 2.93. The minimum absolute atomic E-state index is 0.275. The van der Waals surface area contributed by atoms with Gasteiger partial charge in [0.15, 0.2) is 5.60 Å². The SMILES string of the molecule is CC(C(=O)Nc1cccc2c1NC(=O)C(C)(C)O2)N1C(=O)c2ccccc2C1=O. The number of rotatable bonds is 3. The third-order valence-corrected chi connectivity index (χ3v) is 5.03. The molecule has 8 nitrogen and oxygen atoms in total. The Balaban J connectivity index is 1.58. The van der Waals surface area contributed by atoms with Crippen molar-refractivity contribution >= 4 is 35.0 Å². The van der Waals surface area contributed by atoms with Gasteiger partial charge in [0.25, 0.3) is 17.7 Å². The van der Waals surface area contributed by atoms with Crippen LogP contribution in [0.5, 0.6) is 5.75 Å². The van der Waals surface area contributed by atoms with Gasteiger partial charge in [0.2, 0.25) is 5.91 Å². The van der Waals surface area contributed by atoms with Crippen molar-refractivity contribution in [2.45, 2.75) is 32.4 Å². The number of para-hydroxylation sites is 1. The molecule has 4 rings (SSSR count). The van der Waals surface area contributed by atoms with Gasteiger partial charge in [0.1, 0.15) is 17.5 Å². The fraction of sp³-hybridized carbons (Fsp3) is 0.238. The monoisotopic (exact) mass is 393 g/mol. The lowest BCUT2D eigenvalue weighted by Crippen LogP contribution is -2.47. The molecule has 2 N–H and O–H groups in total. The minimum Gasteiger partial charge on any atom is -0.476 e. The Morgan fingerprint density at radius 2 is 1.66 bits per heavy atom. The van der Waals surface area contributed by atoms with E-state index < -0.39 is 29.4 Å². The first kappa shape index (κ1) is 18.7. The van der Waals surface area contributed by atoms with Crippen molar-refractivity contribution in [3.8, 4) is 5.75 Å². The lowest BCUT2D eigenvalue weighted by atomic mass is 10.1. The summed E-state index contributed by atoms with van der Waals surface area (Å²) >= 11 is 0. The Morgan fingerprint density at radius 1 is 1.03 bits per heavy atom. The highest BCUT2D eigenvalue weighted by molar-refractivity contribution is 6.23. The predicted octanol–water partition coefficient (Wildman–Crippen LogP) is 2.42. The maximum Gasteiger partial charge on any atom is 0.268 e. The van der Waals surface area contributed by atoms with E-state index in [-0.39, 0.29) is 17.0 Å². The van der Waals surface area contributed by atoms with Crippen molar-refractivity contribution in [3.05, 3.63) is 53.6 Å². The summed E-state index contributed by atoms with van der Waals surface area (Å²) in [6.45, 7) is 4.76. The van der Waals surface area contributed by atoms with Gasteiger partial charge in [-0.1, -0.05) is 18.2 Å². The summed E-state index contributed by atoms with van der Waals surface area (Å²) in [5.74, 6) is -1.52. The van der Waals surface area contributed by atoms with Crippen molar-refractivity contribution in [1.29, 1.82) is 0 Å². The number of nitrogens with zero attached hydrogens (tertiary/aromatic N) is 1. The van der Waals surface area contributed by atoms with Crippen molar-refractivity contribution < 1.29 is 23.9 Å². The molecule has 0 saturated carbocycles. The number of amides is 4. The van der Waals surface area contributed by atoms with Crippen molar-refractivity contribution in [2.75, 3.05) is 10.6 Å². The summed E-state index contributed by atoms with van der Waals surface area (Å²) in [6, 6.07) is 10.4. The average Bonchev–Trinajstić information content (AvgIpc) is 2.93. The molecule has 0 radical (unpaired) electrons. The lowest BCUT2D eigenvalue weighted by molar-refractivity contribution is -0.129. The smallest absolute Gasteiger partial charge is 0.268 e. The van der Waals surface area contributed by atoms with Gasteiger partial charge in [-0.2, -0.15) is 0 Å². The summed E-state index contributed by atoms with van der Waals surface area (Å²) in [5.41, 5.74) is 0.164. The van der Waals surface area contributed by atoms with E-state index in [9.17, 15) is 19.2 Å².